The van der Waals surface area contributed by atoms with Crippen LogP contribution in [-0.2, 0) is 0 Å². The first-order valence-electron chi connectivity index (χ1n) is 5.44. The molecule has 94 valence electrons. The van der Waals surface area contributed by atoms with Crippen molar-refractivity contribution in [2.45, 2.75) is 13.8 Å². The van der Waals surface area contributed by atoms with Gasteiger partial charge in [0.15, 0.2) is 11.6 Å². The summed E-state index contributed by atoms with van der Waals surface area (Å²) < 4.78 is 13.6. The molecule has 0 atom stereocenters. The quantitative estimate of drug-likeness (QED) is 0.573. The van der Waals surface area contributed by atoms with E-state index in [1.807, 2.05) is 32.0 Å². The summed E-state index contributed by atoms with van der Waals surface area (Å²) in [5.41, 5.74) is 5.24. The minimum atomic E-state index is -0.532. The van der Waals surface area contributed by atoms with Crippen molar-refractivity contribution in [2.75, 3.05) is 10.7 Å². The van der Waals surface area contributed by atoms with Crippen LogP contribution in [0.3, 0.4) is 0 Å². The van der Waals surface area contributed by atoms with Gasteiger partial charge in [0.2, 0.25) is 5.95 Å². The second-order valence-corrected chi connectivity index (χ2v) is 3.91. The summed E-state index contributed by atoms with van der Waals surface area (Å²) in [4.78, 5) is 7.60. The number of hydrazine groups is 1. The molecule has 0 amide bonds. The lowest BCUT2D eigenvalue weighted by atomic mass is 10.1. The number of rotatable bonds is 3. The summed E-state index contributed by atoms with van der Waals surface area (Å²) in [5, 5.41) is 2.93. The molecule has 18 heavy (non-hydrogen) atoms. The van der Waals surface area contributed by atoms with Crippen LogP contribution >= 0.6 is 0 Å². The fraction of sp³-hybridized carbons (Fsp3) is 0.167. The van der Waals surface area contributed by atoms with E-state index < -0.39 is 5.82 Å². The molecule has 1 aromatic carbocycles. The number of benzene rings is 1. The number of aryl methyl sites for hydroxylation is 1. The maximum Gasteiger partial charge on any atom is 0.239 e. The lowest BCUT2D eigenvalue weighted by Crippen LogP contribution is -2.12. The van der Waals surface area contributed by atoms with Gasteiger partial charge in [0.25, 0.3) is 0 Å². The highest BCUT2D eigenvalue weighted by atomic mass is 19.1. The van der Waals surface area contributed by atoms with Crippen LogP contribution < -0.4 is 16.6 Å². The lowest BCUT2D eigenvalue weighted by molar-refractivity contribution is 0.619. The number of halogens is 1. The summed E-state index contributed by atoms with van der Waals surface area (Å²) in [6.45, 7) is 3.95. The lowest BCUT2D eigenvalue weighted by Gasteiger charge is -2.11. The molecule has 6 heteroatoms. The summed E-state index contributed by atoms with van der Waals surface area (Å²) in [6.07, 6.45) is 1.07. The molecule has 0 aliphatic heterocycles. The van der Waals surface area contributed by atoms with Crippen molar-refractivity contribution in [3.63, 3.8) is 0 Å². The normalized spacial score (nSPS) is 10.2. The molecule has 1 aromatic heterocycles. The second kappa shape index (κ2) is 4.97. The number of nitrogen functional groups attached to an aromatic ring is 1. The van der Waals surface area contributed by atoms with Crippen LogP contribution in [0.1, 0.15) is 11.1 Å². The molecule has 0 spiro atoms. The highest BCUT2D eigenvalue weighted by Crippen LogP contribution is 2.23. The van der Waals surface area contributed by atoms with E-state index in [0.717, 1.165) is 23.0 Å². The SMILES string of the molecule is Cc1cccc(Nc2nc(NN)ncc2F)c1C. The van der Waals surface area contributed by atoms with Crippen molar-refractivity contribution in [3.8, 4) is 0 Å². The molecular formula is C12H14FN5. The predicted molar refractivity (Wildman–Crippen MR) is 69.0 cm³/mol. The summed E-state index contributed by atoms with van der Waals surface area (Å²) in [5.74, 6) is 4.90. The summed E-state index contributed by atoms with van der Waals surface area (Å²) >= 11 is 0. The molecule has 0 fully saturated rings. The number of hydrogen-bond donors (Lipinski definition) is 3. The highest BCUT2D eigenvalue weighted by Gasteiger charge is 2.08. The van der Waals surface area contributed by atoms with Gasteiger partial charge in [-0.2, -0.15) is 4.98 Å². The van der Waals surface area contributed by atoms with Crippen molar-refractivity contribution in [3.05, 3.63) is 41.3 Å². The van der Waals surface area contributed by atoms with Gasteiger partial charge in [0.05, 0.1) is 6.20 Å². The monoisotopic (exact) mass is 247 g/mol. The molecule has 0 saturated heterocycles. The van der Waals surface area contributed by atoms with Crippen molar-refractivity contribution in [1.82, 2.24) is 9.97 Å². The van der Waals surface area contributed by atoms with Gasteiger partial charge >= 0.3 is 0 Å². The minimum Gasteiger partial charge on any atom is -0.337 e. The molecule has 0 unspecified atom stereocenters. The Balaban J connectivity index is 2.36. The molecular weight excluding hydrogens is 233 g/mol. The van der Waals surface area contributed by atoms with E-state index in [1.54, 1.807) is 0 Å². The van der Waals surface area contributed by atoms with E-state index in [0.29, 0.717) is 0 Å². The van der Waals surface area contributed by atoms with Crippen molar-refractivity contribution < 1.29 is 4.39 Å². The van der Waals surface area contributed by atoms with E-state index >= 15 is 0 Å². The zero-order valence-corrected chi connectivity index (χ0v) is 10.2. The Bertz CT molecular complexity index is 570. The van der Waals surface area contributed by atoms with Gasteiger partial charge in [-0.05, 0) is 31.0 Å². The molecule has 0 radical (unpaired) electrons. The molecule has 2 rings (SSSR count). The van der Waals surface area contributed by atoms with Gasteiger partial charge in [-0.1, -0.05) is 12.1 Å². The summed E-state index contributed by atoms with van der Waals surface area (Å²) in [6, 6.07) is 5.75. The van der Waals surface area contributed by atoms with Crippen LogP contribution in [0, 0.1) is 19.7 Å². The van der Waals surface area contributed by atoms with Gasteiger partial charge in [-0.25, -0.2) is 15.2 Å². The van der Waals surface area contributed by atoms with Crippen LogP contribution in [0.5, 0.6) is 0 Å². The van der Waals surface area contributed by atoms with Crippen LogP contribution in [0.15, 0.2) is 24.4 Å². The zero-order chi connectivity index (χ0) is 13.1. The van der Waals surface area contributed by atoms with E-state index in [9.17, 15) is 4.39 Å². The van der Waals surface area contributed by atoms with E-state index in [2.05, 4.69) is 20.7 Å². The Kier molecular flexibility index (Phi) is 3.38. The summed E-state index contributed by atoms with van der Waals surface area (Å²) in [7, 11) is 0. The smallest absolute Gasteiger partial charge is 0.239 e. The third-order valence-electron chi connectivity index (χ3n) is 2.73. The Labute approximate surface area is 104 Å². The third kappa shape index (κ3) is 2.38. The molecule has 0 aliphatic carbocycles. The van der Waals surface area contributed by atoms with E-state index in [1.165, 1.54) is 0 Å². The zero-order valence-electron chi connectivity index (χ0n) is 10.2. The van der Waals surface area contributed by atoms with Gasteiger partial charge in [0.1, 0.15) is 0 Å². The predicted octanol–water partition coefficient (Wildman–Crippen LogP) is 2.26. The van der Waals surface area contributed by atoms with Crippen molar-refractivity contribution in [1.29, 1.82) is 0 Å². The average molecular weight is 247 g/mol. The van der Waals surface area contributed by atoms with Crippen LogP contribution in [-0.4, -0.2) is 9.97 Å². The van der Waals surface area contributed by atoms with E-state index in [4.69, 9.17) is 5.84 Å². The minimum absolute atomic E-state index is 0.0895. The Hall–Kier alpha value is -2.21. The number of anilines is 3. The van der Waals surface area contributed by atoms with Crippen LogP contribution in [0.2, 0.25) is 0 Å². The molecule has 4 N–H and O–H groups in total. The number of nitrogens with two attached hydrogens (primary N) is 1. The standard InChI is InChI=1S/C12H14FN5/c1-7-4-3-5-10(8(7)2)16-11-9(13)6-15-12(17-11)18-14/h3-6H,14H2,1-2H3,(H2,15,16,17,18). The molecule has 5 nitrogen and oxygen atoms in total. The van der Waals surface area contributed by atoms with E-state index in [-0.39, 0.29) is 11.8 Å². The number of nitrogens with zero attached hydrogens (tertiary/aromatic N) is 2. The van der Waals surface area contributed by atoms with Gasteiger partial charge in [-0.15, -0.1) is 0 Å². The van der Waals surface area contributed by atoms with Gasteiger partial charge in [0, 0.05) is 5.69 Å². The molecule has 0 saturated carbocycles. The Morgan fingerprint density at radius 3 is 2.78 bits per heavy atom. The second-order valence-electron chi connectivity index (χ2n) is 3.91. The molecule has 0 bridgehead atoms. The first kappa shape index (κ1) is 12.3. The van der Waals surface area contributed by atoms with Crippen LogP contribution in [0.4, 0.5) is 21.8 Å². The average Bonchev–Trinajstić information content (AvgIpc) is 2.37. The molecule has 1 heterocycles. The van der Waals surface area contributed by atoms with Crippen LogP contribution in [0.25, 0.3) is 0 Å². The van der Waals surface area contributed by atoms with Crippen molar-refractivity contribution >= 4 is 17.5 Å². The maximum atomic E-state index is 13.6. The fourth-order valence-corrected chi connectivity index (χ4v) is 1.54. The van der Waals surface area contributed by atoms with Crippen molar-refractivity contribution in [2.24, 2.45) is 5.84 Å². The number of nitrogens with one attached hydrogen (secondary N) is 2. The highest BCUT2D eigenvalue weighted by molar-refractivity contribution is 5.62. The Morgan fingerprint density at radius 1 is 1.28 bits per heavy atom. The van der Waals surface area contributed by atoms with Gasteiger partial charge in [-0.3, -0.25) is 5.43 Å². The first-order chi connectivity index (χ1) is 8.61. The Morgan fingerprint density at radius 2 is 2.06 bits per heavy atom. The number of aromatic nitrogens is 2. The maximum absolute atomic E-state index is 13.6. The molecule has 2 aromatic rings. The largest absolute Gasteiger partial charge is 0.337 e. The number of hydrogen-bond acceptors (Lipinski definition) is 5. The first-order valence-corrected chi connectivity index (χ1v) is 5.44. The third-order valence-corrected chi connectivity index (χ3v) is 2.73. The molecule has 0 aliphatic rings. The topological polar surface area (TPSA) is 75.9 Å². The van der Waals surface area contributed by atoms with Gasteiger partial charge < -0.3 is 5.32 Å². The fourth-order valence-electron chi connectivity index (χ4n) is 1.54.